The van der Waals surface area contributed by atoms with Crippen LogP contribution in [-0.2, 0) is 5.41 Å². The molecule has 1 rings (SSSR count). The van der Waals surface area contributed by atoms with Crippen LogP contribution in [0.4, 0.5) is 5.69 Å². The third-order valence-corrected chi connectivity index (χ3v) is 1.91. The molecule has 0 saturated carbocycles. The second kappa shape index (κ2) is 4.15. The molecule has 0 aliphatic carbocycles. The van der Waals surface area contributed by atoms with Gasteiger partial charge in [-0.2, -0.15) is 5.26 Å². The summed E-state index contributed by atoms with van der Waals surface area (Å²) in [6.45, 7) is 3.77. The van der Waals surface area contributed by atoms with Crippen LogP contribution >= 0.6 is 12.4 Å². The summed E-state index contributed by atoms with van der Waals surface area (Å²) in [5, 5.41) is 8.84. The molecule has 1 aromatic rings. The van der Waals surface area contributed by atoms with Crippen molar-refractivity contribution in [1.82, 2.24) is 0 Å². The first-order chi connectivity index (χ1) is 5.56. The SMILES string of the molecule is CC(C)(C#N)c1ccc(N)cc1.Cl. The van der Waals surface area contributed by atoms with Crippen LogP contribution in [0.5, 0.6) is 0 Å². The first kappa shape index (κ1) is 11.8. The van der Waals surface area contributed by atoms with Gasteiger partial charge in [0.15, 0.2) is 0 Å². The Kier molecular flexibility index (Phi) is 3.77. The quantitative estimate of drug-likeness (QED) is 0.702. The lowest BCUT2D eigenvalue weighted by atomic mass is 9.86. The molecule has 0 aliphatic rings. The van der Waals surface area contributed by atoms with Gasteiger partial charge in [-0.3, -0.25) is 0 Å². The highest BCUT2D eigenvalue weighted by atomic mass is 35.5. The molecule has 13 heavy (non-hydrogen) atoms. The van der Waals surface area contributed by atoms with E-state index in [1.807, 2.05) is 38.1 Å². The Labute approximate surface area is 84.8 Å². The highest BCUT2D eigenvalue weighted by Gasteiger charge is 2.18. The number of hydrogen-bond acceptors (Lipinski definition) is 2. The van der Waals surface area contributed by atoms with Crippen LogP contribution in [0.3, 0.4) is 0 Å². The molecule has 0 aliphatic heterocycles. The van der Waals surface area contributed by atoms with Crippen LogP contribution in [0.2, 0.25) is 0 Å². The smallest absolute Gasteiger partial charge is 0.0766 e. The van der Waals surface area contributed by atoms with E-state index < -0.39 is 5.41 Å². The minimum absolute atomic E-state index is 0. The fraction of sp³-hybridized carbons (Fsp3) is 0.300. The molecule has 0 aromatic heterocycles. The van der Waals surface area contributed by atoms with Gasteiger partial charge in [0.25, 0.3) is 0 Å². The predicted molar refractivity (Wildman–Crippen MR) is 56.7 cm³/mol. The molecule has 0 radical (unpaired) electrons. The summed E-state index contributed by atoms with van der Waals surface area (Å²) in [7, 11) is 0. The molecule has 0 heterocycles. The Morgan fingerprint density at radius 3 is 2.08 bits per heavy atom. The van der Waals surface area contributed by atoms with E-state index in [4.69, 9.17) is 11.0 Å². The largest absolute Gasteiger partial charge is 0.399 e. The molecular formula is C10H13ClN2. The van der Waals surface area contributed by atoms with Crippen molar-refractivity contribution < 1.29 is 0 Å². The van der Waals surface area contributed by atoms with E-state index in [0.29, 0.717) is 0 Å². The first-order valence-corrected chi connectivity index (χ1v) is 3.83. The normalized spacial score (nSPS) is 9.92. The number of nitrogens with zero attached hydrogens (tertiary/aromatic N) is 1. The second-order valence-corrected chi connectivity index (χ2v) is 3.36. The molecule has 2 N–H and O–H groups in total. The van der Waals surface area contributed by atoms with Crippen LogP contribution in [-0.4, -0.2) is 0 Å². The zero-order valence-corrected chi connectivity index (χ0v) is 8.56. The van der Waals surface area contributed by atoms with Crippen molar-refractivity contribution in [3.63, 3.8) is 0 Å². The summed E-state index contributed by atoms with van der Waals surface area (Å²) in [5.41, 5.74) is 6.83. The van der Waals surface area contributed by atoms with Crippen molar-refractivity contribution in [2.45, 2.75) is 19.3 Å². The highest BCUT2D eigenvalue weighted by molar-refractivity contribution is 5.85. The Morgan fingerprint density at radius 1 is 1.23 bits per heavy atom. The fourth-order valence-corrected chi connectivity index (χ4v) is 0.964. The summed E-state index contributed by atoms with van der Waals surface area (Å²) in [4.78, 5) is 0. The van der Waals surface area contributed by atoms with Crippen LogP contribution in [0.1, 0.15) is 19.4 Å². The molecule has 1 aromatic carbocycles. The number of rotatable bonds is 1. The van der Waals surface area contributed by atoms with E-state index in [2.05, 4.69) is 6.07 Å². The van der Waals surface area contributed by atoms with Crippen molar-refractivity contribution in [3.05, 3.63) is 29.8 Å². The number of anilines is 1. The molecule has 0 saturated heterocycles. The fourth-order valence-electron chi connectivity index (χ4n) is 0.964. The van der Waals surface area contributed by atoms with Crippen LogP contribution in [0, 0.1) is 11.3 Å². The standard InChI is InChI=1S/C10H12N2.ClH/c1-10(2,7-11)8-3-5-9(12)6-4-8;/h3-6H,12H2,1-2H3;1H. The van der Waals surface area contributed by atoms with Crippen molar-refractivity contribution in [3.8, 4) is 6.07 Å². The Morgan fingerprint density at radius 2 is 1.69 bits per heavy atom. The number of hydrogen-bond donors (Lipinski definition) is 1. The lowest BCUT2D eigenvalue weighted by Crippen LogP contribution is -2.13. The Bertz CT molecular complexity index is 309. The summed E-state index contributed by atoms with van der Waals surface area (Å²) >= 11 is 0. The van der Waals surface area contributed by atoms with Gasteiger partial charge in [-0.1, -0.05) is 12.1 Å². The van der Waals surface area contributed by atoms with Crippen LogP contribution in [0.15, 0.2) is 24.3 Å². The van der Waals surface area contributed by atoms with Gasteiger partial charge in [0.2, 0.25) is 0 Å². The summed E-state index contributed by atoms with van der Waals surface area (Å²) < 4.78 is 0. The van der Waals surface area contributed by atoms with Gasteiger partial charge in [0.1, 0.15) is 0 Å². The van der Waals surface area contributed by atoms with E-state index in [1.54, 1.807) is 0 Å². The molecule has 0 bridgehead atoms. The molecule has 0 amide bonds. The van der Waals surface area contributed by atoms with Gasteiger partial charge >= 0.3 is 0 Å². The zero-order chi connectivity index (χ0) is 9.19. The number of nitriles is 1. The topological polar surface area (TPSA) is 49.8 Å². The minimum atomic E-state index is -0.423. The Hall–Kier alpha value is -1.20. The molecule has 0 unspecified atom stereocenters. The molecule has 70 valence electrons. The van der Waals surface area contributed by atoms with E-state index in [0.717, 1.165) is 11.3 Å². The molecule has 3 heteroatoms. The lowest BCUT2D eigenvalue weighted by molar-refractivity contribution is 0.687. The van der Waals surface area contributed by atoms with Crippen LogP contribution < -0.4 is 5.73 Å². The number of halogens is 1. The highest BCUT2D eigenvalue weighted by Crippen LogP contribution is 2.22. The molecule has 0 fully saturated rings. The van der Waals surface area contributed by atoms with Gasteiger partial charge < -0.3 is 5.73 Å². The summed E-state index contributed by atoms with van der Waals surface area (Å²) in [5.74, 6) is 0. The van der Waals surface area contributed by atoms with Gasteiger partial charge in [-0.05, 0) is 31.5 Å². The molecular weight excluding hydrogens is 184 g/mol. The average molecular weight is 197 g/mol. The summed E-state index contributed by atoms with van der Waals surface area (Å²) in [6, 6.07) is 9.64. The predicted octanol–water partition coefficient (Wildman–Crippen LogP) is 2.49. The number of nitrogens with two attached hydrogens (primary N) is 1. The molecule has 0 spiro atoms. The minimum Gasteiger partial charge on any atom is -0.399 e. The molecule has 0 atom stereocenters. The maximum Gasteiger partial charge on any atom is 0.0766 e. The first-order valence-electron chi connectivity index (χ1n) is 3.83. The third-order valence-electron chi connectivity index (χ3n) is 1.91. The second-order valence-electron chi connectivity index (χ2n) is 3.36. The van der Waals surface area contributed by atoms with Crippen molar-refractivity contribution in [2.24, 2.45) is 0 Å². The van der Waals surface area contributed by atoms with E-state index in [9.17, 15) is 0 Å². The van der Waals surface area contributed by atoms with Crippen molar-refractivity contribution in [2.75, 3.05) is 5.73 Å². The van der Waals surface area contributed by atoms with Crippen molar-refractivity contribution >= 4 is 18.1 Å². The van der Waals surface area contributed by atoms with E-state index >= 15 is 0 Å². The van der Waals surface area contributed by atoms with Gasteiger partial charge in [0.05, 0.1) is 11.5 Å². The molecule has 2 nitrogen and oxygen atoms in total. The maximum atomic E-state index is 8.84. The summed E-state index contributed by atoms with van der Waals surface area (Å²) in [6.07, 6.45) is 0. The van der Waals surface area contributed by atoms with Gasteiger partial charge in [-0.15, -0.1) is 12.4 Å². The van der Waals surface area contributed by atoms with Crippen LogP contribution in [0.25, 0.3) is 0 Å². The van der Waals surface area contributed by atoms with Gasteiger partial charge in [-0.25, -0.2) is 0 Å². The van der Waals surface area contributed by atoms with Crippen molar-refractivity contribution in [1.29, 1.82) is 5.26 Å². The monoisotopic (exact) mass is 196 g/mol. The number of nitrogen functional groups attached to an aromatic ring is 1. The van der Waals surface area contributed by atoms with E-state index in [1.165, 1.54) is 0 Å². The number of benzene rings is 1. The Balaban J connectivity index is 0.00000144. The van der Waals surface area contributed by atoms with E-state index in [-0.39, 0.29) is 12.4 Å². The third kappa shape index (κ3) is 2.64. The maximum absolute atomic E-state index is 8.84. The average Bonchev–Trinajstić information content (AvgIpc) is 2.05. The van der Waals surface area contributed by atoms with Gasteiger partial charge in [0, 0.05) is 5.69 Å². The zero-order valence-electron chi connectivity index (χ0n) is 7.74. The lowest BCUT2D eigenvalue weighted by Gasteiger charge is -2.15.